The van der Waals surface area contributed by atoms with Crippen LogP contribution in [-0.2, 0) is 9.53 Å². The number of hydrogen-bond acceptors (Lipinski definition) is 3. The highest BCUT2D eigenvalue weighted by atomic mass is 16.5. The first-order chi connectivity index (χ1) is 6.16. The highest BCUT2D eigenvalue weighted by Crippen LogP contribution is 1.86. The summed E-state index contributed by atoms with van der Waals surface area (Å²) < 4.78 is 4.78. The average Bonchev–Trinajstić information content (AvgIpc) is 2.08. The fraction of sp³-hybridized carbons (Fsp3) is 0.900. The molecule has 0 aromatic rings. The van der Waals surface area contributed by atoms with Gasteiger partial charge < -0.3 is 9.64 Å². The molecule has 13 heavy (non-hydrogen) atoms. The van der Waals surface area contributed by atoms with E-state index in [1.807, 2.05) is 20.9 Å². The molecule has 3 nitrogen and oxygen atoms in total. The SMILES string of the molecule is CC.CCCN(C)CCOC(C)=O. The molecule has 0 radical (unpaired) electrons. The Morgan fingerprint density at radius 1 is 1.31 bits per heavy atom. The summed E-state index contributed by atoms with van der Waals surface area (Å²) in [5.74, 6) is -0.199. The number of carbonyl (C=O) groups excluding carboxylic acids is 1. The topological polar surface area (TPSA) is 29.5 Å². The van der Waals surface area contributed by atoms with Gasteiger partial charge in [0.05, 0.1) is 0 Å². The third-order valence-electron chi connectivity index (χ3n) is 1.38. The smallest absolute Gasteiger partial charge is 0.302 e. The Bertz CT molecular complexity index is 115. The Kier molecular flexibility index (Phi) is 13.1. The summed E-state index contributed by atoms with van der Waals surface area (Å²) in [6, 6.07) is 0. The van der Waals surface area contributed by atoms with E-state index in [-0.39, 0.29) is 5.97 Å². The van der Waals surface area contributed by atoms with Crippen molar-refractivity contribution >= 4 is 5.97 Å². The summed E-state index contributed by atoms with van der Waals surface area (Å²) in [6.45, 7) is 9.95. The molecule has 0 unspecified atom stereocenters. The Morgan fingerprint density at radius 3 is 2.23 bits per heavy atom. The minimum absolute atomic E-state index is 0.199. The van der Waals surface area contributed by atoms with Gasteiger partial charge in [-0.3, -0.25) is 4.79 Å². The summed E-state index contributed by atoms with van der Waals surface area (Å²) in [7, 11) is 2.02. The molecule has 0 amide bonds. The fourth-order valence-corrected chi connectivity index (χ4v) is 0.839. The predicted molar refractivity (Wildman–Crippen MR) is 55.8 cm³/mol. The largest absolute Gasteiger partial charge is 0.465 e. The van der Waals surface area contributed by atoms with E-state index >= 15 is 0 Å². The molecule has 0 aromatic heterocycles. The highest BCUT2D eigenvalue weighted by molar-refractivity contribution is 5.65. The molecule has 0 aromatic carbocycles. The lowest BCUT2D eigenvalue weighted by Crippen LogP contribution is -2.24. The van der Waals surface area contributed by atoms with E-state index in [2.05, 4.69) is 11.8 Å². The van der Waals surface area contributed by atoms with Gasteiger partial charge in [-0.1, -0.05) is 20.8 Å². The number of esters is 1. The molecule has 0 atom stereocenters. The summed E-state index contributed by atoms with van der Waals surface area (Å²) in [5, 5.41) is 0. The molecule has 0 fully saturated rings. The van der Waals surface area contributed by atoms with Crippen molar-refractivity contribution in [3.63, 3.8) is 0 Å². The number of hydrogen-bond donors (Lipinski definition) is 0. The molecule has 0 saturated carbocycles. The number of carbonyl (C=O) groups is 1. The maximum absolute atomic E-state index is 10.3. The predicted octanol–water partition coefficient (Wildman–Crippen LogP) is 1.92. The van der Waals surface area contributed by atoms with Gasteiger partial charge >= 0.3 is 5.97 Å². The Hall–Kier alpha value is -0.570. The van der Waals surface area contributed by atoms with Crippen molar-refractivity contribution in [3.05, 3.63) is 0 Å². The zero-order chi connectivity index (χ0) is 10.7. The van der Waals surface area contributed by atoms with E-state index in [1.54, 1.807) is 0 Å². The van der Waals surface area contributed by atoms with Crippen LogP contribution in [0, 0.1) is 0 Å². The molecular formula is C10H23NO2. The van der Waals surface area contributed by atoms with E-state index in [1.165, 1.54) is 6.92 Å². The van der Waals surface area contributed by atoms with Crippen LogP contribution in [0.1, 0.15) is 34.1 Å². The Labute approximate surface area is 82.1 Å². The third kappa shape index (κ3) is 14.3. The number of nitrogens with zero attached hydrogens (tertiary/aromatic N) is 1. The third-order valence-corrected chi connectivity index (χ3v) is 1.38. The Balaban J connectivity index is 0. The number of rotatable bonds is 5. The summed E-state index contributed by atoms with van der Waals surface area (Å²) in [6.07, 6.45) is 1.14. The van der Waals surface area contributed by atoms with Crippen LogP contribution in [0.15, 0.2) is 0 Å². The normalized spacial score (nSPS) is 9.08. The van der Waals surface area contributed by atoms with Gasteiger partial charge in [-0.05, 0) is 20.0 Å². The minimum Gasteiger partial charge on any atom is -0.465 e. The van der Waals surface area contributed by atoms with Crippen LogP contribution in [0.2, 0.25) is 0 Å². The van der Waals surface area contributed by atoms with Crippen molar-refractivity contribution in [3.8, 4) is 0 Å². The second-order valence-corrected chi connectivity index (χ2v) is 2.64. The molecule has 0 aliphatic heterocycles. The van der Waals surface area contributed by atoms with Crippen molar-refractivity contribution in [2.75, 3.05) is 26.7 Å². The van der Waals surface area contributed by atoms with Crippen LogP contribution in [0.5, 0.6) is 0 Å². The summed E-state index contributed by atoms with van der Waals surface area (Å²) in [5.41, 5.74) is 0. The van der Waals surface area contributed by atoms with Gasteiger partial charge in [0.25, 0.3) is 0 Å². The van der Waals surface area contributed by atoms with Crippen LogP contribution in [-0.4, -0.2) is 37.6 Å². The van der Waals surface area contributed by atoms with Crippen molar-refractivity contribution in [1.29, 1.82) is 0 Å². The lowest BCUT2D eigenvalue weighted by Gasteiger charge is -2.14. The molecule has 3 heteroatoms. The van der Waals surface area contributed by atoms with Crippen molar-refractivity contribution in [1.82, 2.24) is 4.90 Å². The second kappa shape index (κ2) is 11.4. The van der Waals surface area contributed by atoms with Crippen molar-refractivity contribution < 1.29 is 9.53 Å². The van der Waals surface area contributed by atoms with Crippen LogP contribution in [0.25, 0.3) is 0 Å². The van der Waals surface area contributed by atoms with Crippen LogP contribution < -0.4 is 0 Å². The first kappa shape index (κ1) is 14.9. The molecular weight excluding hydrogens is 166 g/mol. The molecule has 0 spiro atoms. The molecule has 0 heterocycles. The summed E-state index contributed by atoms with van der Waals surface area (Å²) >= 11 is 0. The van der Waals surface area contributed by atoms with Crippen LogP contribution in [0.4, 0.5) is 0 Å². The second-order valence-electron chi connectivity index (χ2n) is 2.64. The molecule has 80 valence electrons. The Morgan fingerprint density at radius 2 is 1.85 bits per heavy atom. The highest BCUT2D eigenvalue weighted by Gasteiger charge is 1.96. The molecule has 0 aliphatic rings. The lowest BCUT2D eigenvalue weighted by atomic mass is 10.4. The zero-order valence-corrected chi connectivity index (χ0v) is 9.59. The summed E-state index contributed by atoms with van der Waals surface area (Å²) in [4.78, 5) is 12.5. The molecule has 0 N–H and O–H groups in total. The van der Waals surface area contributed by atoms with Crippen molar-refractivity contribution in [2.45, 2.75) is 34.1 Å². The van der Waals surface area contributed by atoms with E-state index in [0.29, 0.717) is 6.61 Å². The van der Waals surface area contributed by atoms with Gasteiger partial charge in [-0.25, -0.2) is 0 Å². The van der Waals surface area contributed by atoms with Crippen LogP contribution in [0.3, 0.4) is 0 Å². The minimum atomic E-state index is -0.199. The van der Waals surface area contributed by atoms with E-state index in [9.17, 15) is 4.79 Å². The van der Waals surface area contributed by atoms with E-state index < -0.39 is 0 Å². The molecule has 0 aliphatic carbocycles. The van der Waals surface area contributed by atoms with Gasteiger partial charge in [0.1, 0.15) is 6.61 Å². The first-order valence-electron chi connectivity index (χ1n) is 4.98. The fourth-order valence-electron chi connectivity index (χ4n) is 0.839. The monoisotopic (exact) mass is 189 g/mol. The lowest BCUT2D eigenvalue weighted by molar-refractivity contribution is -0.141. The molecule has 0 bridgehead atoms. The van der Waals surface area contributed by atoms with Gasteiger partial charge in [0.15, 0.2) is 0 Å². The maximum atomic E-state index is 10.3. The van der Waals surface area contributed by atoms with Gasteiger partial charge in [-0.15, -0.1) is 0 Å². The van der Waals surface area contributed by atoms with Gasteiger partial charge in [-0.2, -0.15) is 0 Å². The first-order valence-corrected chi connectivity index (χ1v) is 4.98. The van der Waals surface area contributed by atoms with E-state index in [0.717, 1.165) is 19.5 Å². The molecule has 0 saturated heterocycles. The van der Waals surface area contributed by atoms with E-state index in [4.69, 9.17) is 4.74 Å². The number of likely N-dealkylation sites (N-methyl/N-ethyl adjacent to an activating group) is 1. The molecule has 0 rings (SSSR count). The zero-order valence-electron chi connectivity index (χ0n) is 9.59. The number of ether oxygens (including phenoxy) is 1. The quantitative estimate of drug-likeness (QED) is 0.619. The standard InChI is InChI=1S/C8H17NO2.C2H6/c1-4-5-9(3)6-7-11-8(2)10;1-2/h4-7H2,1-3H3;1-2H3. The maximum Gasteiger partial charge on any atom is 0.302 e. The van der Waals surface area contributed by atoms with Gasteiger partial charge in [0.2, 0.25) is 0 Å². The van der Waals surface area contributed by atoms with Crippen LogP contribution >= 0.6 is 0 Å². The van der Waals surface area contributed by atoms with Gasteiger partial charge in [0, 0.05) is 13.5 Å². The average molecular weight is 189 g/mol. The van der Waals surface area contributed by atoms with Crippen molar-refractivity contribution in [2.24, 2.45) is 0 Å².